The molecule has 0 bridgehead atoms. The smallest absolute Gasteiger partial charge is 0.246 e. The van der Waals surface area contributed by atoms with Gasteiger partial charge in [0.15, 0.2) is 11.3 Å². The number of hydrogen-bond donors (Lipinski definition) is 1. The topological polar surface area (TPSA) is 102 Å². The van der Waals surface area contributed by atoms with Crippen LogP contribution in [0.15, 0.2) is 52.4 Å². The van der Waals surface area contributed by atoms with Crippen LogP contribution in [0.5, 0.6) is 0 Å². The number of nitrogens with one attached hydrogen (secondary N) is 1. The molecule has 0 radical (unpaired) electrons. The summed E-state index contributed by atoms with van der Waals surface area (Å²) in [5.41, 5.74) is 1.38. The Hall–Kier alpha value is -2.94. The molecule has 4 rings (SSSR count). The van der Waals surface area contributed by atoms with Crippen molar-refractivity contribution in [1.82, 2.24) is 23.6 Å². The van der Waals surface area contributed by atoms with Crippen LogP contribution in [0, 0.1) is 6.92 Å². The SMILES string of the molecule is Cc1ccc(S(=O)(=O)n2ccc3c2ncc2n[nH]c(=O)n23)cc1. The van der Waals surface area contributed by atoms with Gasteiger partial charge in [-0.05, 0) is 25.1 Å². The summed E-state index contributed by atoms with van der Waals surface area (Å²) in [6, 6.07) is 8.06. The van der Waals surface area contributed by atoms with Crippen molar-refractivity contribution in [3.63, 3.8) is 0 Å². The lowest BCUT2D eigenvalue weighted by atomic mass is 10.2. The Morgan fingerprint density at radius 2 is 1.87 bits per heavy atom. The summed E-state index contributed by atoms with van der Waals surface area (Å²) in [6.45, 7) is 1.88. The van der Waals surface area contributed by atoms with Gasteiger partial charge >= 0.3 is 5.69 Å². The van der Waals surface area contributed by atoms with E-state index in [1.807, 2.05) is 6.92 Å². The van der Waals surface area contributed by atoms with Gasteiger partial charge in [-0.25, -0.2) is 31.7 Å². The maximum atomic E-state index is 12.8. The standard InChI is InChI=1S/C14H11N5O3S/c1-9-2-4-10(5-3-9)23(21,22)18-7-6-11-13(18)15-8-12-16-17-14(20)19(11)12/h2-8H,1H3,(H,17,20). The molecule has 0 spiro atoms. The number of aryl methyl sites for hydroxylation is 1. The lowest BCUT2D eigenvalue weighted by molar-refractivity contribution is 0.588. The highest BCUT2D eigenvalue weighted by Crippen LogP contribution is 2.21. The predicted molar refractivity (Wildman–Crippen MR) is 82.9 cm³/mol. The van der Waals surface area contributed by atoms with Crippen LogP contribution in [0.1, 0.15) is 5.56 Å². The van der Waals surface area contributed by atoms with Crippen LogP contribution in [-0.2, 0) is 10.0 Å². The number of hydrogen-bond acceptors (Lipinski definition) is 5. The molecular weight excluding hydrogens is 318 g/mol. The quantitative estimate of drug-likeness (QED) is 0.589. The first-order chi connectivity index (χ1) is 11.0. The van der Waals surface area contributed by atoms with E-state index in [4.69, 9.17) is 0 Å². The highest BCUT2D eigenvalue weighted by Gasteiger charge is 2.21. The average molecular weight is 329 g/mol. The van der Waals surface area contributed by atoms with Crippen LogP contribution in [0.2, 0.25) is 0 Å². The van der Waals surface area contributed by atoms with Crippen LogP contribution >= 0.6 is 0 Å². The van der Waals surface area contributed by atoms with Crippen LogP contribution in [0.25, 0.3) is 16.8 Å². The zero-order valence-corrected chi connectivity index (χ0v) is 12.8. The molecule has 1 N–H and O–H groups in total. The summed E-state index contributed by atoms with van der Waals surface area (Å²) in [5, 5.41) is 6.13. The zero-order valence-electron chi connectivity index (χ0n) is 12.0. The molecular formula is C14H11N5O3S. The highest BCUT2D eigenvalue weighted by atomic mass is 32.2. The number of nitrogens with zero attached hydrogens (tertiary/aromatic N) is 4. The third kappa shape index (κ3) is 1.90. The van der Waals surface area contributed by atoms with Crippen LogP contribution in [0.4, 0.5) is 0 Å². The maximum Gasteiger partial charge on any atom is 0.348 e. The van der Waals surface area contributed by atoms with Crippen molar-refractivity contribution in [1.29, 1.82) is 0 Å². The van der Waals surface area contributed by atoms with E-state index in [0.717, 1.165) is 9.54 Å². The third-order valence-electron chi connectivity index (χ3n) is 3.62. The minimum atomic E-state index is -3.80. The van der Waals surface area contributed by atoms with Crippen molar-refractivity contribution in [3.8, 4) is 0 Å². The van der Waals surface area contributed by atoms with Gasteiger partial charge in [0, 0.05) is 6.20 Å². The molecule has 23 heavy (non-hydrogen) atoms. The fraction of sp³-hybridized carbons (Fsp3) is 0.0714. The minimum Gasteiger partial charge on any atom is -0.246 e. The molecule has 0 aliphatic heterocycles. The van der Waals surface area contributed by atoms with Crippen molar-refractivity contribution < 1.29 is 8.42 Å². The monoisotopic (exact) mass is 329 g/mol. The number of H-pyrrole nitrogens is 1. The largest absolute Gasteiger partial charge is 0.348 e. The van der Waals surface area contributed by atoms with Gasteiger partial charge in [0.25, 0.3) is 10.0 Å². The molecule has 0 saturated carbocycles. The summed E-state index contributed by atoms with van der Waals surface area (Å²) in [4.78, 5) is 16.1. The second kappa shape index (κ2) is 4.53. The van der Waals surface area contributed by atoms with E-state index in [1.165, 1.54) is 22.9 Å². The van der Waals surface area contributed by atoms with Gasteiger partial charge in [0.05, 0.1) is 16.6 Å². The normalized spacial score (nSPS) is 12.2. The molecule has 0 fully saturated rings. The first-order valence-corrected chi connectivity index (χ1v) is 8.18. The summed E-state index contributed by atoms with van der Waals surface area (Å²) in [7, 11) is -3.80. The molecule has 8 nitrogen and oxygen atoms in total. The van der Waals surface area contributed by atoms with Gasteiger partial charge in [0.2, 0.25) is 0 Å². The van der Waals surface area contributed by atoms with E-state index < -0.39 is 15.7 Å². The van der Waals surface area contributed by atoms with Crippen molar-refractivity contribution in [2.24, 2.45) is 0 Å². The van der Waals surface area contributed by atoms with Gasteiger partial charge in [-0.15, -0.1) is 0 Å². The van der Waals surface area contributed by atoms with Crippen LogP contribution < -0.4 is 5.69 Å². The van der Waals surface area contributed by atoms with E-state index in [9.17, 15) is 13.2 Å². The highest BCUT2D eigenvalue weighted by molar-refractivity contribution is 7.90. The molecule has 0 amide bonds. The van der Waals surface area contributed by atoms with Gasteiger partial charge < -0.3 is 0 Å². The molecule has 1 aromatic carbocycles. The van der Waals surface area contributed by atoms with E-state index >= 15 is 0 Å². The Bertz CT molecular complexity index is 1200. The molecule has 0 saturated heterocycles. The zero-order chi connectivity index (χ0) is 16.2. The number of aromatic amines is 1. The Morgan fingerprint density at radius 3 is 2.61 bits per heavy atom. The van der Waals surface area contributed by atoms with Gasteiger partial charge in [-0.2, -0.15) is 5.10 Å². The second-order valence-corrected chi connectivity index (χ2v) is 6.93. The fourth-order valence-corrected chi connectivity index (χ4v) is 3.76. The lowest BCUT2D eigenvalue weighted by Gasteiger charge is -2.07. The Labute approximate surface area is 130 Å². The first kappa shape index (κ1) is 13.7. The molecule has 4 aromatic rings. The maximum absolute atomic E-state index is 12.8. The number of benzene rings is 1. The van der Waals surface area contributed by atoms with Crippen molar-refractivity contribution in [3.05, 3.63) is 58.8 Å². The second-order valence-electron chi connectivity index (χ2n) is 5.12. The number of aromatic nitrogens is 5. The minimum absolute atomic E-state index is 0.155. The third-order valence-corrected chi connectivity index (χ3v) is 5.31. The summed E-state index contributed by atoms with van der Waals surface area (Å²) in [6.07, 6.45) is 2.73. The molecule has 9 heteroatoms. The molecule has 0 aliphatic carbocycles. The molecule has 0 aliphatic rings. The van der Waals surface area contributed by atoms with E-state index in [0.29, 0.717) is 11.2 Å². The number of fused-ring (bicyclic) bond motifs is 3. The number of rotatable bonds is 2. The van der Waals surface area contributed by atoms with Gasteiger partial charge in [-0.1, -0.05) is 17.7 Å². The van der Waals surface area contributed by atoms with Crippen LogP contribution in [-0.4, -0.2) is 32.0 Å². The van der Waals surface area contributed by atoms with Gasteiger partial charge in [-0.3, -0.25) is 0 Å². The lowest BCUT2D eigenvalue weighted by Crippen LogP contribution is -2.14. The average Bonchev–Trinajstić information content (AvgIpc) is 3.11. The van der Waals surface area contributed by atoms with Crippen molar-refractivity contribution in [2.75, 3.05) is 0 Å². The molecule has 0 unspecified atom stereocenters. The van der Waals surface area contributed by atoms with Crippen molar-refractivity contribution >= 4 is 26.8 Å². The van der Waals surface area contributed by atoms with Crippen LogP contribution in [0.3, 0.4) is 0 Å². The van der Waals surface area contributed by atoms with Gasteiger partial charge in [0.1, 0.15) is 0 Å². The molecule has 0 atom stereocenters. The summed E-state index contributed by atoms with van der Waals surface area (Å²) < 4.78 is 27.9. The Kier molecular flexibility index (Phi) is 2.70. The molecule has 3 heterocycles. The molecule has 3 aromatic heterocycles. The molecule has 116 valence electrons. The Balaban J connectivity index is 2.02. The first-order valence-electron chi connectivity index (χ1n) is 6.74. The predicted octanol–water partition coefficient (Wildman–Crippen LogP) is 0.918. The van der Waals surface area contributed by atoms with E-state index in [-0.39, 0.29) is 10.5 Å². The van der Waals surface area contributed by atoms with E-state index in [1.54, 1.807) is 24.3 Å². The van der Waals surface area contributed by atoms with Crippen molar-refractivity contribution in [2.45, 2.75) is 11.8 Å². The summed E-state index contributed by atoms with van der Waals surface area (Å²) >= 11 is 0. The summed E-state index contributed by atoms with van der Waals surface area (Å²) in [5.74, 6) is 0. The van der Waals surface area contributed by atoms with E-state index in [2.05, 4.69) is 15.2 Å². The fourth-order valence-electron chi connectivity index (χ4n) is 2.46. The Morgan fingerprint density at radius 1 is 1.13 bits per heavy atom.